The maximum absolute atomic E-state index is 11.3. The van der Waals surface area contributed by atoms with Crippen LogP contribution in [0, 0.1) is 13.8 Å². The van der Waals surface area contributed by atoms with Gasteiger partial charge in [0, 0.05) is 6.42 Å². The SMILES string of the molecule is CCc1nc(CSc2nc(C)nc(C)c2C(=O)O)no1. The lowest BCUT2D eigenvalue weighted by atomic mass is 10.2. The van der Waals surface area contributed by atoms with E-state index in [1.807, 2.05) is 6.92 Å². The molecule has 0 aliphatic heterocycles. The van der Waals surface area contributed by atoms with Gasteiger partial charge in [-0.1, -0.05) is 23.8 Å². The molecule has 8 heteroatoms. The Morgan fingerprint density at radius 2 is 2.05 bits per heavy atom. The molecule has 0 saturated carbocycles. The molecule has 20 heavy (non-hydrogen) atoms. The molecule has 1 N–H and O–H groups in total. The molecule has 0 saturated heterocycles. The van der Waals surface area contributed by atoms with Gasteiger partial charge in [0.15, 0.2) is 5.82 Å². The summed E-state index contributed by atoms with van der Waals surface area (Å²) in [5.41, 5.74) is 0.578. The Morgan fingerprint density at radius 1 is 1.30 bits per heavy atom. The van der Waals surface area contributed by atoms with Gasteiger partial charge < -0.3 is 9.63 Å². The van der Waals surface area contributed by atoms with E-state index in [0.717, 1.165) is 0 Å². The van der Waals surface area contributed by atoms with Crippen molar-refractivity contribution in [3.05, 3.63) is 28.8 Å². The van der Waals surface area contributed by atoms with E-state index in [4.69, 9.17) is 4.52 Å². The van der Waals surface area contributed by atoms with E-state index < -0.39 is 5.97 Å². The summed E-state index contributed by atoms with van der Waals surface area (Å²) in [4.78, 5) is 23.7. The van der Waals surface area contributed by atoms with E-state index in [0.29, 0.717) is 40.4 Å². The Bertz CT molecular complexity index is 642. The molecular formula is C12H14N4O3S. The van der Waals surface area contributed by atoms with Crippen LogP contribution >= 0.6 is 11.8 Å². The fraction of sp³-hybridized carbons (Fsp3) is 0.417. The van der Waals surface area contributed by atoms with Crippen LogP contribution in [-0.4, -0.2) is 31.2 Å². The van der Waals surface area contributed by atoms with Gasteiger partial charge in [-0.2, -0.15) is 4.98 Å². The molecule has 0 bridgehead atoms. The highest BCUT2D eigenvalue weighted by atomic mass is 32.2. The lowest BCUT2D eigenvalue weighted by molar-refractivity contribution is 0.0690. The van der Waals surface area contributed by atoms with Crippen molar-refractivity contribution in [1.82, 2.24) is 20.1 Å². The summed E-state index contributed by atoms with van der Waals surface area (Å²) < 4.78 is 5.00. The van der Waals surface area contributed by atoms with Crippen molar-refractivity contribution in [2.24, 2.45) is 0 Å². The standard InChI is InChI=1S/C12H14N4O3S/c1-4-9-15-8(16-19-9)5-20-11-10(12(17)18)6(2)13-7(3)14-11/h4-5H2,1-3H3,(H,17,18). The van der Waals surface area contributed by atoms with Crippen molar-refractivity contribution in [2.45, 2.75) is 38.0 Å². The Hall–Kier alpha value is -1.96. The van der Waals surface area contributed by atoms with Gasteiger partial charge in [0.1, 0.15) is 16.4 Å². The topological polar surface area (TPSA) is 102 Å². The molecule has 7 nitrogen and oxygen atoms in total. The summed E-state index contributed by atoms with van der Waals surface area (Å²) in [6.45, 7) is 5.31. The number of rotatable bonds is 5. The fourth-order valence-corrected chi connectivity index (χ4v) is 2.62. The molecule has 0 spiro atoms. The van der Waals surface area contributed by atoms with Crippen molar-refractivity contribution in [2.75, 3.05) is 0 Å². The number of aryl methyl sites for hydroxylation is 3. The summed E-state index contributed by atoms with van der Waals surface area (Å²) in [6, 6.07) is 0. The zero-order chi connectivity index (χ0) is 14.7. The van der Waals surface area contributed by atoms with Gasteiger partial charge in [0.2, 0.25) is 5.89 Å². The van der Waals surface area contributed by atoms with Crippen molar-refractivity contribution in [3.63, 3.8) is 0 Å². The van der Waals surface area contributed by atoms with Crippen LogP contribution in [0.3, 0.4) is 0 Å². The molecule has 0 fully saturated rings. The predicted octanol–water partition coefficient (Wildman–Crippen LogP) is 2.03. The maximum atomic E-state index is 11.3. The van der Waals surface area contributed by atoms with Gasteiger partial charge in [-0.3, -0.25) is 0 Å². The van der Waals surface area contributed by atoms with Crippen molar-refractivity contribution in [3.8, 4) is 0 Å². The summed E-state index contributed by atoms with van der Waals surface area (Å²) in [6.07, 6.45) is 0.670. The largest absolute Gasteiger partial charge is 0.478 e. The predicted molar refractivity (Wildman–Crippen MR) is 71.7 cm³/mol. The number of hydrogen-bond acceptors (Lipinski definition) is 7. The molecule has 0 atom stereocenters. The molecule has 0 aliphatic carbocycles. The summed E-state index contributed by atoms with van der Waals surface area (Å²) >= 11 is 1.26. The minimum atomic E-state index is -1.03. The Balaban J connectivity index is 2.22. The molecule has 2 aromatic rings. The highest BCUT2D eigenvalue weighted by Crippen LogP contribution is 2.25. The van der Waals surface area contributed by atoms with Crippen molar-refractivity contribution >= 4 is 17.7 Å². The average molecular weight is 294 g/mol. The average Bonchev–Trinajstić information content (AvgIpc) is 2.82. The molecule has 106 valence electrons. The highest BCUT2D eigenvalue weighted by molar-refractivity contribution is 7.98. The lowest BCUT2D eigenvalue weighted by Crippen LogP contribution is -2.08. The molecule has 2 heterocycles. The molecule has 0 aliphatic rings. The first-order valence-electron chi connectivity index (χ1n) is 6.04. The van der Waals surface area contributed by atoms with Crippen LogP contribution in [0.25, 0.3) is 0 Å². The third kappa shape index (κ3) is 3.13. The van der Waals surface area contributed by atoms with E-state index in [2.05, 4.69) is 20.1 Å². The zero-order valence-electron chi connectivity index (χ0n) is 11.4. The minimum absolute atomic E-state index is 0.125. The van der Waals surface area contributed by atoms with Gasteiger partial charge >= 0.3 is 5.97 Å². The van der Waals surface area contributed by atoms with Gasteiger partial charge in [-0.05, 0) is 13.8 Å². The van der Waals surface area contributed by atoms with E-state index in [-0.39, 0.29) is 5.56 Å². The molecule has 2 rings (SSSR count). The van der Waals surface area contributed by atoms with Crippen LogP contribution < -0.4 is 0 Å². The maximum Gasteiger partial charge on any atom is 0.340 e. The van der Waals surface area contributed by atoms with Crippen molar-refractivity contribution in [1.29, 1.82) is 0 Å². The Kier molecular flexibility index (Phi) is 4.33. The number of aromatic nitrogens is 4. The zero-order valence-corrected chi connectivity index (χ0v) is 12.2. The monoisotopic (exact) mass is 294 g/mol. The second-order valence-electron chi connectivity index (χ2n) is 4.09. The number of nitrogens with zero attached hydrogens (tertiary/aromatic N) is 4. The van der Waals surface area contributed by atoms with Crippen LogP contribution in [0.5, 0.6) is 0 Å². The molecule has 2 aromatic heterocycles. The number of carboxylic acids is 1. The first-order chi connectivity index (χ1) is 9.51. The molecule has 0 aromatic carbocycles. The van der Waals surface area contributed by atoms with E-state index >= 15 is 0 Å². The number of hydrogen-bond donors (Lipinski definition) is 1. The summed E-state index contributed by atoms with van der Waals surface area (Å²) in [5, 5.41) is 13.5. The fourth-order valence-electron chi connectivity index (χ4n) is 1.66. The van der Waals surface area contributed by atoms with Crippen LogP contribution in [-0.2, 0) is 12.2 Å². The van der Waals surface area contributed by atoms with E-state index in [9.17, 15) is 9.90 Å². The Labute approximate surface area is 119 Å². The minimum Gasteiger partial charge on any atom is -0.478 e. The normalized spacial score (nSPS) is 10.8. The summed E-state index contributed by atoms with van der Waals surface area (Å²) in [5.74, 6) is 0.996. The first kappa shape index (κ1) is 14.4. The smallest absolute Gasteiger partial charge is 0.340 e. The molecule has 0 unspecified atom stereocenters. The van der Waals surface area contributed by atoms with Gasteiger partial charge in [0.05, 0.1) is 11.4 Å². The van der Waals surface area contributed by atoms with Gasteiger partial charge in [0.25, 0.3) is 0 Å². The number of carbonyl (C=O) groups is 1. The van der Waals surface area contributed by atoms with Crippen LogP contribution in [0.4, 0.5) is 0 Å². The third-order valence-corrected chi connectivity index (χ3v) is 3.50. The van der Waals surface area contributed by atoms with E-state index in [1.165, 1.54) is 11.8 Å². The third-order valence-electron chi connectivity index (χ3n) is 2.53. The highest BCUT2D eigenvalue weighted by Gasteiger charge is 2.18. The van der Waals surface area contributed by atoms with Crippen LogP contribution in [0.15, 0.2) is 9.55 Å². The van der Waals surface area contributed by atoms with Gasteiger partial charge in [-0.15, -0.1) is 0 Å². The Morgan fingerprint density at radius 3 is 2.65 bits per heavy atom. The molecular weight excluding hydrogens is 280 g/mol. The quantitative estimate of drug-likeness (QED) is 0.660. The molecule has 0 amide bonds. The second-order valence-corrected chi connectivity index (χ2v) is 5.05. The molecule has 0 radical (unpaired) electrons. The van der Waals surface area contributed by atoms with Crippen LogP contribution in [0.1, 0.15) is 40.5 Å². The second kappa shape index (κ2) is 6.00. The van der Waals surface area contributed by atoms with Gasteiger partial charge in [-0.25, -0.2) is 14.8 Å². The number of aromatic carboxylic acids is 1. The first-order valence-corrected chi connectivity index (χ1v) is 7.02. The number of carboxylic acid groups (broad SMARTS) is 1. The lowest BCUT2D eigenvalue weighted by Gasteiger charge is -2.07. The van der Waals surface area contributed by atoms with E-state index in [1.54, 1.807) is 13.8 Å². The van der Waals surface area contributed by atoms with Crippen LogP contribution in [0.2, 0.25) is 0 Å². The number of thioether (sulfide) groups is 1. The summed E-state index contributed by atoms with van der Waals surface area (Å²) in [7, 11) is 0. The van der Waals surface area contributed by atoms with Crippen molar-refractivity contribution < 1.29 is 14.4 Å².